The average molecular weight is 453 g/mol. The Morgan fingerprint density at radius 2 is 1.64 bits per heavy atom. The predicted molar refractivity (Wildman–Crippen MR) is 124 cm³/mol. The highest BCUT2D eigenvalue weighted by molar-refractivity contribution is 6.08. The van der Waals surface area contributed by atoms with Gasteiger partial charge in [-0.2, -0.15) is 0 Å². The standard InChI is InChI=1S/C25H28N2O6/c1-15-7-9-20(16(2)11-15)32-14-17-8-10-21(33-17)24(28)26-19-13-23(31-6)22(30-5)12-18(19)25(29)27(3)4/h7-13H,14H2,1-6H3,(H,26,28). The van der Waals surface area contributed by atoms with Crippen LogP contribution in [0.3, 0.4) is 0 Å². The fraction of sp³-hybridized carbons (Fsp3) is 0.280. The first-order chi connectivity index (χ1) is 15.7. The molecule has 0 saturated carbocycles. The number of nitrogens with one attached hydrogen (secondary N) is 1. The van der Waals surface area contributed by atoms with Crippen LogP contribution >= 0.6 is 0 Å². The summed E-state index contributed by atoms with van der Waals surface area (Å²) in [5, 5.41) is 2.73. The van der Waals surface area contributed by atoms with Gasteiger partial charge in [0.25, 0.3) is 11.8 Å². The lowest BCUT2D eigenvalue weighted by Gasteiger charge is -2.17. The molecule has 0 bridgehead atoms. The summed E-state index contributed by atoms with van der Waals surface area (Å²) in [4.78, 5) is 26.9. The van der Waals surface area contributed by atoms with E-state index in [4.69, 9.17) is 18.6 Å². The number of carbonyl (C=O) groups excluding carboxylic acids is 2. The van der Waals surface area contributed by atoms with Crippen LogP contribution in [0.15, 0.2) is 46.9 Å². The maximum atomic E-state index is 12.8. The number of benzene rings is 2. The molecule has 1 aromatic heterocycles. The van der Waals surface area contributed by atoms with Gasteiger partial charge in [-0.15, -0.1) is 0 Å². The number of rotatable bonds is 8. The average Bonchev–Trinajstić information content (AvgIpc) is 3.26. The maximum absolute atomic E-state index is 12.8. The van der Waals surface area contributed by atoms with E-state index in [-0.39, 0.29) is 29.5 Å². The van der Waals surface area contributed by atoms with Gasteiger partial charge in [0.15, 0.2) is 17.3 Å². The van der Waals surface area contributed by atoms with Crippen LogP contribution in [0.2, 0.25) is 0 Å². The molecule has 0 radical (unpaired) electrons. The number of nitrogens with zero attached hydrogens (tertiary/aromatic N) is 1. The molecule has 8 heteroatoms. The van der Waals surface area contributed by atoms with Crippen LogP contribution in [0, 0.1) is 13.8 Å². The number of hydrogen-bond acceptors (Lipinski definition) is 6. The first-order valence-electron chi connectivity index (χ1n) is 10.3. The lowest BCUT2D eigenvalue weighted by molar-refractivity contribution is 0.0828. The largest absolute Gasteiger partial charge is 0.493 e. The molecule has 3 rings (SSSR count). The third-order valence-electron chi connectivity index (χ3n) is 4.99. The van der Waals surface area contributed by atoms with E-state index in [0.29, 0.717) is 17.3 Å². The van der Waals surface area contributed by atoms with E-state index in [0.717, 1.165) is 16.9 Å². The zero-order chi connectivity index (χ0) is 24.1. The number of methoxy groups -OCH3 is 2. The van der Waals surface area contributed by atoms with Crippen LogP contribution in [0.5, 0.6) is 17.2 Å². The lowest BCUT2D eigenvalue weighted by atomic mass is 10.1. The van der Waals surface area contributed by atoms with Gasteiger partial charge in [-0.3, -0.25) is 9.59 Å². The van der Waals surface area contributed by atoms with Crippen molar-refractivity contribution in [3.63, 3.8) is 0 Å². The number of furan rings is 1. The molecule has 0 atom stereocenters. The molecule has 33 heavy (non-hydrogen) atoms. The minimum atomic E-state index is -0.507. The number of anilines is 1. The van der Waals surface area contributed by atoms with E-state index in [2.05, 4.69) is 5.32 Å². The first-order valence-corrected chi connectivity index (χ1v) is 10.3. The topological polar surface area (TPSA) is 90.2 Å². The molecule has 0 aliphatic carbocycles. The highest BCUT2D eigenvalue weighted by Crippen LogP contribution is 2.34. The Labute approximate surface area is 193 Å². The van der Waals surface area contributed by atoms with Crippen molar-refractivity contribution < 1.29 is 28.2 Å². The van der Waals surface area contributed by atoms with E-state index in [1.165, 1.54) is 25.2 Å². The Morgan fingerprint density at radius 3 is 2.27 bits per heavy atom. The fourth-order valence-corrected chi connectivity index (χ4v) is 3.27. The van der Waals surface area contributed by atoms with Crippen LogP contribution in [-0.2, 0) is 6.61 Å². The number of hydrogen-bond donors (Lipinski definition) is 1. The Hall–Kier alpha value is -3.94. The molecule has 1 heterocycles. The Kier molecular flexibility index (Phi) is 7.27. The summed E-state index contributed by atoms with van der Waals surface area (Å²) in [6.07, 6.45) is 0. The molecule has 0 fully saturated rings. The quantitative estimate of drug-likeness (QED) is 0.543. The molecule has 0 unspecified atom stereocenters. The van der Waals surface area contributed by atoms with E-state index in [1.807, 2.05) is 32.0 Å². The Bertz CT molecular complexity index is 1170. The fourth-order valence-electron chi connectivity index (χ4n) is 3.27. The third-order valence-corrected chi connectivity index (χ3v) is 4.99. The second kappa shape index (κ2) is 10.1. The molecule has 174 valence electrons. The second-order valence-corrected chi connectivity index (χ2v) is 7.73. The smallest absolute Gasteiger partial charge is 0.291 e. The van der Waals surface area contributed by atoms with E-state index >= 15 is 0 Å². The highest BCUT2D eigenvalue weighted by Gasteiger charge is 2.21. The Morgan fingerprint density at radius 1 is 0.939 bits per heavy atom. The molecular formula is C25H28N2O6. The molecule has 0 aliphatic rings. The molecule has 0 saturated heterocycles. The number of carbonyl (C=O) groups is 2. The summed E-state index contributed by atoms with van der Waals surface area (Å²) >= 11 is 0. The van der Waals surface area contributed by atoms with Gasteiger partial charge >= 0.3 is 0 Å². The lowest BCUT2D eigenvalue weighted by Crippen LogP contribution is -2.24. The van der Waals surface area contributed by atoms with Gasteiger partial charge in [0, 0.05) is 20.2 Å². The number of ether oxygens (including phenoxy) is 3. The SMILES string of the molecule is COc1cc(NC(=O)c2ccc(COc3ccc(C)cc3C)o2)c(C(=O)N(C)C)cc1OC. The van der Waals surface area contributed by atoms with Crippen molar-refractivity contribution in [1.82, 2.24) is 4.90 Å². The molecular weight excluding hydrogens is 424 g/mol. The zero-order valence-corrected chi connectivity index (χ0v) is 19.6. The van der Waals surface area contributed by atoms with Gasteiger partial charge < -0.3 is 28.8 Å². The molecule has 0 spiro atoms. The van der Waals surface area contributed by atoms with Crippen LogP contribution in [0.1, 0.15) is 37.8 Å². The molecule has 1 N–H and O–H groups in total. The monoisotopic (exact) mass is 452 g/mol. The molecule has 0 aliphatic heterocycles. The van der Waals surface area contributed by atoms with Crippen molar-refractivity contribution in [3.05, 3.63) is 70.7 Å². The molecule has 8 nitrogen and oxygen atoms in total. The second-order valence-electron chi connectivity index (χ2n) is 7.73. The predicted octanol–water partition coefficient (Wildman–Crippen LogP) is 4.45. The summed E-state index contributed by atoms with van der Waals surface area (Å²) in [5.41, 5.74) is 2.71. The van der Waals surface area contributed by atoms with Gasteiger partial charge in [0.05, 0.1) is 25.5 Å². The van der Waals surface area contributed by atoms with Gasteiger partial charge in [-0.25, -0.2) is 0 Å². The van der Waals surface area contributed by atoms with Crippen LogP contribution in [0.4, 0.5) is 5.69 Å². The number of amides is 2. The van der Waals surface area contributed by atoms with Crippen molar-refractivity contribution in [2.24, 2.45) is 0 Å². The van der Waals surface area contributed by atoms with Gasteiger partial charge in [-0.05, 0) is 43.7 Å². The van der Waals surface area contributed by atoms with Crippen molar-refractivity contribution in [2.75, 3.05) is 33.6 Å². The maximum Gasteiger partial charge on any atom is 0.291 e. The summed E-state index contributed by atoms with van der Waals surface area (Å²) in [6.45, 7) is 4.17. The van der Waals surface area contributed by atoms with Crippen molar-refractivity contribution in [1.29, 1.82) is 0 Å². The van der Waals surface area contributed by atoms with E-state index < -0.39 is 5.91 Å². The van der Waals surface area contributed by atoms with Crippen molar-refractivity contribution >= 4 is 17.5 Å². The van der Waals surface area contributed by atoms with Gasteiger partial charge in [0.1, 0.15) is 18.1 Å². The highest BCUT2D eigenvalue weighted by atomic mass is 16.5. The van der Waals surface area contributed by atoms with Crippen LogP contribution in [-0.4, -0.2) is 45.0 Å². The Balaban J connectivity index is 1.78. The molecule has 2 aromatic carbocycles. The summed E-state index contributed by atoms with van der Waals surface area (Å²) in [5.74, 6) is 1.29. The molecule has 2 amide bonds. The van der Waals surface area contributed by atoms with Gasteiger partial charge in [0.2, 0.25) is 0 Å². The van der Waals surface area contributed by atoms with Crippen molar-refractivity contribution in [2.45, 2.75) is 20.5 Å². The minimum Gasteiger partial charge on any atom is -0.493 e. The summed E-state index contributed by atoms with van der Waals surface area (Å²) in [6, 6.07) is 12.2. The normalized spacial score (nSPS) is 10.5. The number of aryl methyl sites for hydroxylation is 2. The van der Waals surface area contributed by atoms with Crippen LogP contribution < -0.4 is 19.5 Å². The summed E-state index contributed by atoms with van der Waals surface area (Å²) in [7, 11) is 6.20. The van der Waals surface area contributed by atoms with Crippen LogP contribution in [0.25, 0.3) is 0 Å². The van der Waals surface area contributed by atoms with E-state index in [1.54, 1.807) is 32.3 Å². The third kappa shape index (κ3) is 5.46. The molecule has 3 aromatic rings. The zero-order valence-electron chi connectivity index (χ0n) is 19.6. The van der Waals surface area contributed by atoms with Crippen molar-refractivity contribution in [3.8, 4) is 17.2 Å². The van der Waals surface area contributed by atoms with E-state index in [9.17, 15) is 9.59 Å². The first kappa shape index (κ1) is 23.7. The minimum absolute atomic E-state index is 0.0901. The summed E-state index contributed by atoms with van der Waals surface area (Å²) < 4.78 is 22.1. The van der Waals surface area contributed by atoms with Gasteiger partial charge in [-0.1, -0.05) is 17.7 Å².